The van der Waals surface area contributed by atoms with Crippen molar-refractivity contribution in [3.05, 3.63) is 36.2 Å². The zero-order valence-corrected chi connectivity index (χ0v) is 13.9. The molecule has 25 heavy (non-hydrogen) atoms. The van der Waals surface area contributed by atoms with Gasteiger partial charge in [-0.1, -0.05) is 35.5 Å². The molecule has 0 saturated carbocycles. The maximum Gasteiger partial charge on any atom is 0.401 e. The van der Waals surface area contributed by atoms with E-state index in [-0.39, 0.29) is 0 Å². The number of hydrogen-bond acceptors (Lipinski definition) is 5. The van der Waals surface area contributed by atoms with Gasteiger partial charge in [0.05, 0.1) is 6.54 Å². The van der Waals surface area contributed by atoms with Crippen molar-refractivity contribution < 1.29 is 17.7 Å². The van der Waals surface area contributed by atoms with Crippen LogP contribution in [0.2, 0.25) is 0 Å². The fraction of sp³-hybridized carbons (Fsp3) is 0.529. The highest BCUT2D eigenvalue weighted by Gasteiger charge is 2.31. The van der Waals surface area contributed by atoms with E-state index in [4.69, 9.17) is 4.52 Å². The van der Waals surface area contributed by atoms with Crippen molar-refractivity contribution in [1.29, 1.82) is 0 Å². The highest BCUT2D eigenvalue weighted by Crippen LogP contribution is 2.18. The van der Waals surface area contributed by atoms with Crippen LogP contribution >= 0.6 is 0 Å². The number of alkyl halides is 3. The van der Waals surface area contributed by atoms with Crippen LogP contribution < -0.4 is 0 Å². The van der Waals surface area contributed by atoms with Crippen LogP contribution in [-0.2, 0) is 6.42 Å². The molecule has 8 heteroatoms. The van der Waals surface area contributed by atoms with E-state index in [9.17, 15) is 13.2 Å². The fourth-order valence-electron chi connectivity index (χ4n) is 2.94. The van der Waals surface area contributed by atoms with Crippen molar-refractivity contribution in [2.24, 2.45) is 0 Å². The summed E-state index contributed by atoms with van der Waals surface area (Å²) < 4.78 is 42.4. The van der Waals surface area contributed by atoms with Gasteiger partial charge in [-0.2, -0.15) is 18.2 Å². The number of aromatic nitrogens is 2. The molecule has 1 aromatic heterocycles. The van der Waals surface area contributed by atoms with E-state index in [1.165, 1.54) is 4.90 Å². The second-order valence-corrected chi connectivity index (χ2v) is 6.21. The highest BCUT2D eigenvalue weighted by molar-refractivity contribution is 5.53. The fourth-order valence-corrected chi connectivity index (χ4v) is 2.94. The third-order valence-electron chi connectivity index (χ3n) is 4.23. The molecule has 0 atom stereocenters. The zero-order valence-electron chi connectivity index (χ0n) is 13.9. The predicted molar refractivity (Wildman–Crippen MR) is 87.0 cm³/mol. The molecule has 1 aliphatic rings. The number of aryl methyl sites for hydroxylation is 1. The lowest BCUT2D eigenvalue weighted by atomic mass is 10.2. The lowest BCUT2D eigenvalue weighted by molar-refractivity contribution is -0.149. The first-order chi connectivity index (χ1) is 12.0. The minimum Gasteiger partial charge on any atom is -0.339 e. The van der Waals surface area contributed by atoms with Crippen molar-refractivity contribution >= 4 is 0 Å². The Morgan fingerprint density at radius 3 is 2.36 bits per heavy atom. The second kappa shape index (κ2) is 7.97. The summed E-state index contributed by atoms with van der Waals surface area (Å²) in [6, 6.07) is 9.62. The lowest BCUT2D eigenvalue weighted by Gasteiger charge is -2.34. The van der Waals surface area contributed by atoms with E-state index in [0.29, 0.717) is 44.3 Å². The van der Waals surface area contributed by atoms with E-state index in [1.807, 2.05) is 30.3 Å². The summed E-state index contributed by atoms with van der Waals surface area (Å²) in [7, 11) is 0. The molecule has 1 aliphatic heterocycles. The summed E-state index contributed by atoms with van der Waals surface area (Å²) in [4.78, 5) is 8.03. The van der Waals surface area contributed by atoms with Crippen molar-refractivity contribution in [2.75, 3.05) is 39.3 Å². The van der Waals surface area contributed by atoms with Gasteiger partial charge in [0.1, 0.15) is 0 Å². The molecule has 2 aromatic rings. The van der Waals surface area contributed by atoms with Gasteiger partial charge in [-0.05, 0) is 13.0 Å². The second-order valence-electron chi connectivity index (χ2n) is 6.21. The van der Waals surface area contributed by atoms with Crippen LogP contribution in [0.5, 0.6) is 0 Å². The van der Waals surface area contributed by atoms with Crippen LogP contribution in [0.3, 0.4) is 0 Å². The molecule has 0 N–H and O–H groups in total. The van der Waals surface area contributed by atoms with Crippen molar-refractivity contribution in [3.8, 4) is 11.4 Å². The average molecular weight is 354 g/mol. The number of piperazine rings is 1. The Bertz CT molecular complexity index is 651. The first-order valence-electron chi connectivity index (χ1n) is 8.39. The molecule has 1 fully saturated rings. The number of halogens is 3. The monoisotopic (exact) mass is 354 g/mol. The van der Waals surface area contributed by atoms with E-state index in [2.05, 4.69) is 15.0 Å². The maximum atomic E-state index is 12.4. The number of benzene rings is 1. The highest BCUT2D eigenvalue weighted by atomic mass is 19.4. The van der Waals surface area contributed by atoms with E-state index in [1.54, 1.807) is 0 Å². The van der Waals surface area contributed by atoms with Crippen LogP contribution in [0.4, 0.5) is 13.2 Å². The molecular weight excluding hydrogens is 333 g/mol. The SMILES string of the molecule is FC(F)(F)CN1CCN(CCCc2nc(-c3ccccc3)no2)CC1. The van der Waals surface area contributed by atoms with Gasteiger partial charge in [0.25, 0.3) is 0 Å². The van der Waals surface area contributed by atoms with Crippen LogP contribution in [0.15, 0.2) is 34.9 Å². The minimum atomic E-state index is -4.11. The molecule has 2 heterocycles. The van der Waals surface area contributed by atoms with E-state index < -0.39 is 12.7 Å². The molecule has 3 rings (SSSR count). The summed E-state index contributed by atoms with van der Waals surface area (Å²) in [5.74, 6) is 1.17. The number of nitrogens with zero attached hydrogens (tertiary/aromatic N) is 4. The molecule has 0 spiro atoms. The Labute approximate surface area is 144 Å². The van der Waals surface area contributed by atoms with Gasteiger partial charge >= 0.3 is 6.18 Å². The Morgan fingerprint density at radius 2 is 1.68 bits per heavy atom. The first kappa shape index (κ1) is 17.9. The zero-order chi connectivity index (χ0) is 17.7. The van der Waals surface area contributed by atoms with E-state index >= 15 is 0 Å². The summed E-state index contributed by atoms with van der Waals surface area (Å²) in [6.45, 7) is 2.24. The van der Waals surface area contributed by atoms with Gasteiger partial charge < -0.3 is 9.42 Å². The maximum absolute atomic E-state index is 12.4. The third-order valence-corrected chi connectivity index (χ3v) is 4.23. The predicted octanol–water partition coefficient (Wildman–Crippen LogP) is 2.85. The van der Waals surface area contributed by atoms with Gasteiger partial charge in [-0.25, -0.2) is 0 Å². The van der Waals surface area contributed by atoms with Crippen LogP contribution in [0.1, 0.15) is 12.3 Å². The molecular formula is C17H21F3N4O. The number of rotatable bonds is 6. The molecule has 0 aliphatic carbocycles. The average Bonchev–Trinajstić information content (AvgIpc) is 3.05. The Balaban J connectivity index is 1.39. The summed E-state index contributed by atoms with van der Waals surface area (Å²) >= 11 is 0. The Morgan fingerprint density at radius 1 is 1.00 bits per heavy atom. The van der Waals surface area contributed by atoms with Crippen LogP contribution in [0, 0.1) is 0 Å². The molecule has 5 nitrogen and oxygen atoms in total. The summed E-state index contributed by atoms with van der Waals surface area (Å²) in [6.07, 6.45) is -2.60. The molecule has 0 radical (unpaired) electrons. The van der Waals surface area contributed by atoms with E-state index in [0.717, 1.165) is 18.5 Å². The van der Waals surface area contributed by atoms with Crippen molar-refractivity contribution in [3.63, 3.8) is 0 Å². The largest absolute Gasteiger partial charge is 0.401 e. The van der Waals surface area contributed by atoms with Gasteiger partial charge in [-0.3, -0.25) is 4.90 Å². The molecule has 136 valence electrons. The lowest BCUT2D eigenvalue weighted by Crippen LogP contribution is -2.49. The minimum absolute atomic E-state index is 0.457. The van der Waals surface area contributed by atoms with Crippen LogP contribution in [0.25, 0.3) is 11.4 Å². The van der Waals surface area contributed by atoms with Gasteiger partial charge in [0.15, 0.2) is 0 Å². The third kappa shape index (κ3) is 5.54. The molecule has 1 aromatic carbocycles. The molecule has 1 saturated heterocycles. The quantitative estimate of drug-likeness (QED) is 0.798. The van der Waals surface area contributed by atoms with Gasteiger partial charge in [0, 0.05) is 38.2 Å². The first-order valence-corrected chi connectivity index (χ1v) is 8.39. The van der Waals surface area contributed by atoms with Gasteiger partial charge in [-0.15, -0.1) is 0 Å². The normalized spacial score (nSPS) is 17.1. The number of hydrogen-bond donors (Lipinski definition) is 0. The molecule has 0 unspecified atom stereocenters. The van der Waals surface area contributed by atoms with Crippen molar-refractivity contribution in [1.82, 2.24) is 19.9 Å². The smallest absolute Gasteiger partial charge is 0.339 e. The Kier molecular flexibility index (Phi) is 5.70. The Hall–Kier alpha value is -1.93. The van der Waals surface area contributed by atoms with Crippen molar-refractivity contribution in [2.45, 2.75) is 19.0 Å². The standard InChI is InChI=1S/C17H21F3N4O/c18-17(19,20)13-24-11-9-23(10-12-24)8-4-7-15-21-16(22-25-15)14-5-2-1-3-6-14/h1-3,5-6H,4,7-13H2. The van der Waals surface area contributed by atoms with Crippen LogP contribution in [-0.4, -0.2) is 65.4 Å². The topological polar surface area (TPSA) is 45.4 Å². The molecule has 0 bridgehead atoms. The van der Waals surface area contributed by atoms with Gasteiger partial charge in [0.2, 0.25) is 11.7 Å². The molecule has 0 amide bonds. The summed E-state index contributed by atoms with van der Waals surface area (Å²) in [5.41, 5.74) is 0.915. The summed E-state index contributed by atoms with van der Waals surface area (Å²) in [5, 5.41) is 3.98.